The number of hydrogen-bond acceptors (Lipinski definition) is 3. The predicted octanol–water partition coefficient (Wildman–Crippen LogP) is 3.39. The summed E-state index contributed by atoms with van der Waals surface area (Å²) in [5, 5.41) is 10.00. The predicted molar refractivity (Wildman–Crippen MR) is 77.0 cm³/mol. The fraction of sp³-hybridized carbons (Fsp3) is 0.250. The molecule has 0 aliphatic heterocycles. The van der Waals surface area contributed by atoms with Crippen LogP contribution >= 0.6 is 0 Å². The van der Waals surface area contributed by atoms with Gasteiger partial charge in [-0.25, -0.2) is 5.43 Å². The summed E-state index contributed by atoms with van der Waals surface area (Å²) in [5.74, 6) is 1.06. The number of nitrogens with one attached hydrogen (secondary N) is 2. The lowest BCUT2D eigenvalue weighted by atomic mass is 10.1. The molecule has 0 bridgehead atoms. The van der Waals surface area contributed by atoms with Crippen LogP contribution in [0.3, 0.4) is 0 Å². The Morgan fingerprint density at radius 3 is 2.53 bits per heavy atom. The summed E-state index contributed by atoms with van der Waals surface area (Å²) in [6, 6.07) is 15.9. The van der Waals surface area contributed by atoms with Crippen molar-refractivity contribution in [2.45, 2.75) is 25.3 Å². The van der Waals surface area contributed by atoms with Gasteiger partial charge in [-0.1, -0.05) is 30.3 Å². The molecule has 0 atom stereocenters. The van der Waals surface area contributed by atoms with Crippen molar-refractivity contribution in [1.82, 2.24) is 5.43 Å². The van der Waals surface area contributed by atoms with Crippen molar-refractivity contribution < 1.29 is 5.11 Å². The first-order valence-corrected chi connectivity index (χ1v) is 6.68. The Kier molecular flexibility index (Phi) is 3.38. The molecule has 0 amide bonds. The van der Waals surface area contributed by atoms with Crippen LogP contribution in [0.4, 0.5) is 5.69 Å². The second-order valence-corrected chi connectivity index (χ2v) is 5.01. The smallest absolute Gasteiger partial charge is 0.120 e. The van der Waals surface area contributed by atoms with E-state index in [1.165, 1.54) is 18.4 Å². The van der Waals surface area contributed by atoms with E-state index in [0.717, 1.165) is 11.3 Å². The van der Waals surface area contributed by atoms with Gasteiger partial charge in [0.15, 0.2) is 0 Å². The second kappa shape index (κ2) is 5.33. The molecule has 0 aromatic heterocycles. The molecule has 3 nitrogen and oxygen atoms in total. The Bertz CT molecular complexity index is 550. The Hall–Kier alpha value is -2.00. The molecule has 2 aromatic carbocycles. The van der Waals surface area contributed by atoms with Gasteiger partial charge in [-0.15, -0.1) is 0 Å². The second-order valence-electron chi connectivity index (χ2n) is 5.01. The monoisotopic (exact) mass is 254 g/mol. The number of anilines is 1. The molecule has 1 aliphatic rings. The highest BCUT2D eigenvalue weighted by molar-refractivity contribution is 5.42. The van der Waals surface area contributed by atoms with Crippen molar-refractivity contribution in [2.24, 2.45) is 0 Å². The van der Waals surface area contributed by atoms with E-state index in [0.29, 0.717) is 18.2 Å². The first-order valence-electron chi connectivity index (χ1n) is 6.68. The van der Waals surface area contributed by atoms with Crippen LogP contribution in [-0.2, 0) is 6.54 Å². The third kappa shape index (κ3) is 3.06. The van der Waals surface area contributed by atoms with Crippen molar-refractivity contribution >= 4 is 5.69 Å². The summed E-state index contributed by atoms with van der Waals surface area (Å²) < 4.78 is 0. The minimum Gasteiger partial charge on any atom is -0.508 e. The highest BCUT2D eigenvalue weighted by Crippen LogP contribution is 2.41. The molecule has 3 N–H and O–H groups in total. The zero-order chi connectivity index (χ0) is 13.1. The van der Waals surface area contributed by atoms with Crippen LogP contribution in [0.1, 0.15) is 29.9 Å². The summed E-state index contributed by atoms with van der Waals surface area (Å²) in [4.78, 5) is 0. The van der Waals surface area contributed by atoms with E-state index in [9.17, 15) is 5.11 Å². The van der Waals surface area contributed by atoms with Gasteiger partial charge in [0, 0.05) is 17.8 Å². The minimum atomic E-state index is 0.381. The Labute approximate surface area is 113 Å². The lowest BCUT2D eigenvalue weighted by Crippen LogP contribution is -2.20. The van der Waals surface area contributed by atoms with Crippen LogP contribution in [0.15, 0.2) is 48.5 Å². The Balaban J connectivity index is 1.57. The van der Waals surface area contributed by atoms with Gasteiger partial charge < -0.3 is 10.5 Å². The summed E-state index contributed by atoms with van der Waals surface area (Å²) in [5.41, 5.74) is 9.40. The van der Waals surface area contributed by atoms with Gasteiger partial charge in [-0.2, -0.15) is 0 Å². The van der Waals surface area contributed by atoms with Crippen LogP contribution in [0.2, 0.25) is 0 Å². The molecule has 0 spiro atoms. The van der Waals surface area contributed by atoms with Crippen LogP contribution in [-0.4, -0.2) is 5.11 Å². The molecular formula is C16H18N2O. The largest absolute Gasteiger partial charge is 0.508 e. The first-order chi connectivity index (χ1) is 9.33. The van der Waals surface area contributed by atoms with Gasteiger partial charge in [-0.05, 0) is 42.5 Å². The number of para-hydroxylation sites is 1. The fourth-order valence-corrected chi connectivity index (χ4v) is 2.16. The maximum Gasteiger partial charge on any atom is 0.120 e. The molecule has 1 saturated carbocycles. The fourth-order valence-electron chi connectivity index (χ4n) is 2.16. The zero-order valence-corrected chi connectivity index (χ0v) is 10.8. The van der Waals surface area contributed by atoms with E-state index in [1.807, 2.05) is 42.5 Å². The van der Waals surface area contributed by atoms with Gasteiger partial charge in [-0.3, -0.25) is 0 Å². The first kappa shape index (κ1) is 12.1. The molecule has 1 fully saturated rings. The van der Waals surface area contributed by atoms with E-state index < -0.39 is 0 Å². The third-order valence-electron chi connectivity index (χ3n) is 3.44. The molecule has 0 heterocycles. The highest BCUT2D eigenvalue weighted by Gasteiger charge is 2.23. The number of benzene rings is 2. The number of phenolic OH excluding ortho intramolecular Hbond substituents is 1. The standard InChI is InChI=1S/C16H18N2O/c19-16-10-13(12-6-7-12)8-9-14(16)11-17-18-15-4-2-1-3-5-15/h1-5,8-10,12,17-19H,6-7,11H2. The molecule has 2 aromatic rings. The van der Waals surface area contributed by atoms with E-state index in [2.05, 4.69) is 16.9 Å². The van der Waals surface area contributed by atoms with Gasteiger partial charge >= 0.3 is 0 Å². The number of aromatic hydroxyl groups is 1. The third-order valence-corrected chi connectivity index (χ3v) is 3.44. The highest BCUT2D eigenvalue weighted by atomic mass is 16.3. The lowest BCUT2D eigenvalue weighted by molar-refractivity contribution is 0.465. The molecule has 3 heteroatoms. The van der Waals surface area contributed by atoms with Crippen molar-refractivity contribution in [3.05, 3.63) is 59.7 Å². The van der Waals surface area contributed by atoms with Crippen molar-refractivity contribution in [1.29, 1.82) is 0 Å². The van der Waals surface area contributed by atoms with Gasteiger partial charge in [0.25, 0.3) is 0 Å². The summed E-state index contributed by atoms with van der Waals surface area (Å²) in [6.45, 7) is 0.589. The van der Waals surface area contributed by atoms with Gasteiger partial charge in [0.05, 0.1) is 0 Å². The number of rotatable bonds is 5. The normalized spacial score (nSPS) is 14.3. The molecule has 0 unspecified atom stereocenters. The van der Waals surface area contributed by atoms with E-state index in [-0.39, 0.29) is 0 Å². The number of hydrazine groups is 1. The average Bonchev–Trinajstić information content (AvgIpc) is 3.26. The zero-order valence-electron chi connectivity index (χ0n) is 10.8. The van der Waals surface area contributed by atoms with Crippen LogP contribution in [0, 0.1) is 0 Å². The van der Waals surface area contributed by atoms with Crippen LogP contribution < -0.4 is 10.9 Å². The quantitative estimate of drug-likeness (QED) is 0.717. The molecule has 1 aliphatic carbocycles. The molecule has 0 saturated heterocycles. The Morgan fingerprint density at radius 1 is 1.05 bits per heavy atom. The van der Waals surface area contributed by atoms with Crippen molar-refractivity contribution in [2.75, 3.05) is 5.43 Å². The van der Waals surface area contributed by atoms with E-state index in [1.54, 1.807) is 0 Å². The van der Waals surface area contributed by atoms with E-state index in [4.69, 9.17) is 0 Å². The maximum absolute atomic E-state index is 10.00. The molecule has 3 rings (SSSR count). The Morgan fingerprint density at radius 2 is 1.84 bits per heavy atom. The maximum atomic E-state index is 10.00. The van der Waals surface area contributed by atoms with Crippen molar-refractivity contribution in [3.8, 4) is 5.75 Å². The summed E-state index contributed by atoms with van der Waals surface area (Å²) in [6.07, 6.45) is 2.51. The number of phenols is 1. The van der Waals surface area contributed by atoms with Crippen LogP contribution in [0.25, 0.3) is 0 Å². The SMILES string of the molecule is Oc1cc(C2CC2)ccc1CNNc1ccccc1. The van der Waals surface area contributed by atoms with E-state index >= 15 is 0 Å². The lowest BCUT2D eigenvalue weighted by Gasteiger charge is -2.10. The van der Waals surface area contributed by atoms with Gasteiger partial charge in [0.1, 0.15) is 5.75 Å². The summed E-state index contributed by atoms with van der Waals surface area (Å²) in [7, 11) is 0. The molecule has 19 heavy (non-hydrogen) atoms. The topological polar surface area (TPSA) is 44.3 Å². The molecular weight excluding hydrogens is 236 g/mol. The molecule has 98 valence electrons. The van der Waals surface area contributed by atoms with Crippen LogP contribution in [0.5, 0.6) is 5.75 Å². The summed E-state index contributed by atoms with van der Waals surface area (Å²) >= 11 is 0. The number of hydrogen-bond donors (Lipinski definition) is 3. The van der Waals surface area contributed by atoms with Crippen molar-refractivity contribution in [3.63, 3.8) is 0 Å². The minimum absolute atomic E-state index is 0.381. The average molecular weight is 254 g/mol. The van der Waals surface area contributed by atoms with Gasteiger partial charge in [0.2, 0.25) is 0 Å². The molecule has 0 radical (unpaired) electrons.